The number of aliphatic hydroxyl groups is 3. The zero-order valence-corrected chi connectivity index (χ0v) is 17.3. The number of carbonyl (C=O) groups excluding carboxylic acids is 2. The molecule has 0 radical (unpaired) electrons. The van der Waals surface area contributed by atoms with Crippen LogP contribution in [0.3, 0.4) is 0 Å². The Balaban J connectivity index is 2.10. The molecule has 0 spiro atoms. The van der Waals surface area contributed by atoms with Gasteiger partial charge in [-0.15, -0.1) is 0 Å². The van der Waals surface area contributed by atoms with Crippen molar-refractivity contribution in [3.05, 3.63) is 47.5 Å². The largest absolute Gasteiger partial charge is 0.462 e. The molecule has 164 valence electrons. The maximum atomic E-state index is 12.4. The summed E-state index contributed by atoms with van der Waals surface area (Å²) in [5.74, 6) is -2.15. The van der Waals surface area contributed by atoms with E-state index >= 15 is 0 Å². The molecule has 8 nitrogen and oxygen atoms in total. The molecule has 3 rings (SSSR count). The van der Waals surface area contributed by atoms with Crippen LogP contribution in [0.25, 0.3) is 0 Å². The minimum atomic E-state index is -1.80. The highest BCUT2D eigenvalue weighted by Crippen LogP contribution is 2.38. The predicted octanol–water partition coefficient (Wildman–Crippen LogP) is 1.84. The minimum Gasteiger partial charge on any atom is -0.462 e. The van der Waals surface area contributed by atoms with Gasteiger partial charge in [0.05, 0.1) is 12.2 Å². The van der Waals surface area contributed by atoms with Crippen LogP contribution in [0.15, 0.2) is 34.8 Å². The van der Waals surface area contributed by atoms with E-state index in [2.05, 4.69) is 6.58 Å². The second kappa shape index (κ2) is 8.37. The summed E-state index contributed by atoms with van der Waals surface area (Å²) in [6.07, 6.45) is -0.412. The summed E-state index contributed by atoms with van der Waals surface area (Å²) in [6, 6.07) is 1.36. The molecule has 1 aromatic rings. The van der Waals surface area contributed by atoms with Gasteiger partial charge in [-0.05, 0) is 26.8 Å². The Morgan fingerprint density at radius 2 is 2.07 bits per heavy atom. The average Bonchev–Trinajstić information content (AvgIpc) is 3.19. The van der Waals surface area contributed by atoms with Crippen LogP contribution in [0.4, 0.5) is 0 Å². The summed E-state index contributed by atoms with van der Waals surface area (Å²) in [4.78, 5) is 24.7. The van der Waals surface area contributed by atoms with E-state index in [1.807, 2.05) is 0 Å². The predicted molar refractivity (Wildman–Crippen MR) is 105 cm³/mol. The number of allylic oxidation sites excluding steroid dienone is 2. The van der Waals surface area contributed by atoms with Gasteiger partial charge in [-0.2, -0.15) is 0 Å². The van der Waals surface area contributed by atoms with Crippen LogP contribution in [0, 0.1) is 11.8 Å². The topological polar surface area (TPSA) is 126 Å². The lowest BCUT2D eigenvalue weighted by atomic mass is 9.86. The van der Waals surface area contributed by atoms with Crippen LogP contribution in [-0.4, -0.2) is 51.7 Å². The number of carbonyl (C=O) groups is 2. The molecule has 0 amide bonds. The third-order valence-corrected chi connectivity index (χ3v) is 5.67. The van der Waals surface area contributed by atoms with Crippen molar-refractivity contribution >= 4 is 11.9 Å². The molecule has 6 atom stereocenters. The molecule has 0 aliphatic carbocycles. The van der Waals surface area contributed by atoms with Crippen LogP contribution in [0.2, 0.25) is 0 Å². The summed E-state index contributed by atoms with van der Waals surface area (Å²) >= 11 is 0. The summed E-state index contributed by atoms with van der Waals surface area (Å²) in [7, 11) is 0. The van der Waals surface area contributed by atoms with Crippen molar-refractivity contribution in [3.8, 4) is 0 Å². The van der Waals surface area contributed by atoms with E-state index in [0.29, 0.717) is 0 Å². The molecule has 1 aromatic heterocycles. The Bertz CT molecular complexity index is 864. The van der Waals surface area contributed by atoms with Crippen molar-refractivity contribution in [1.29, 1.82) is 0 Å². The molecule has 3 heterocycles. The smallest absolute Gasteiger partial charge is 0.341 e. The monoisotopic (exact) mass is 420 g/mol. The van der Waals surface area contributed by atoms with E-state index in [0.717, 1.165) is 5.57 Å². The third-order valence-electron chi connectivity index (χ3n) is 5.67. The van der Waals surface area contributed by atoms with Gasteiger partial charge in [-0.1, -0.05) is 24.3 Å². The Kier molecular flexibility index (Phi) is 6.21. The maximum absolute atomic E-state index is 12.4. The number of hydrogen-bond acceptors (Lipinski definition) is 8. The third kappa shape index (κ3) is 4.21. The van der Waals surface area contributed by atoms with Crippen molar-refractivity contribution < 1.29 is 38.8 Å². The fourth-order valence-electron chi connectivity index (χ4n) is 3.83. The van der Waals surface area contributed by atoms with Gasteiger partial charge in [0.2, 0.25) is 0 Å². The number of esters is 2. The molecular weight excluding hydrogens is 392 g/mol. The standard InChI is InChI=1S/C22H28O8/c1-5-28-20(25)14-9-16-19(24)22(4,27)10-17-18(23)13(21(26)30-17)7-6-12(11(2)3)8-15(14)29-16/h6-7,9,12-13,17-19,23-24,27H,2,5,8,10H2,1,3-4H3/b7-6+/t12-,13-,17+,18-,19+,22-/m1/s1. The normalized spacial score (nSPS) is 34.9. The maximum Gasteiger partial charge on any atom is 0.341 e. The van der Waals surface area contributed by atoms with E-state index < -0.39 is 41.8 Å². The molecule has 4 bridgehead atoms. The van der Waals surface area contributed by atoms with E-state index in [1.165, 1.54) is 13.0 Å². The van der Waals surface area contributed by atoms with E-state index in [9.17, 15) is 24.9 Å². The molecule has 3 N–H and O–H groups in total. The zero-order chi connectivity index (χ0) is 22.2. The molecule has 0 unspecified atom stereocenters. The lowest BCUT2D eigenvalue weighted by Gasteiger charge is -2.30. The first-order chi connectivity index (χ1) is 14.0. The van der Waals surface area contributed by atoms with Gasteiger partial charge in [0, 0.05) is 18.8 Å². The van der Waals surface area contributed by atoms with Crippen molar-refractivity contribution in [2.24, 2.45) is 11.8 Å². The number of fused-ring (bicyclic) bond motifs is 4. The van der Waals surface area contributed by atoms with Crippen LogP contribution in [0.5, 0.6) is 0 Å². The Hall–Kier alpha value is -2.42. The zero-order valence-electron chi connectivity index (χ0n) is 17.3. The van der Waals surface area contributed by atoms with Crippen LogP contribution >= 0.6 is 0 Å². The quantitative estimate of drug-likeness (QED) is 0.499. The molecule has 1 fully saturated rings. The molecule has 1 saturated heterocycles. The van der Waals surface area contributed by atoms with Gasteiger partial charge in [-0.25, -0.2) is 4.79 Å². The van der Waals surface area contributed by atoms with Crippen LogP contribution < -0.4 is 0 Å². The molecule has 2 aliphatic rings. The Labute approximate surface area is 174 Å². The number of furan rings is 1. The second-order valence-electron chi connectivity index (χ2n) is 8.20. The minimum absolute atomic E-state index is 0.0166. The summed E-state index contributed by atoms with van der Waals surface area (Å²) in [6.45, 7) is 8.96. The van der Waals surface area contributed by atoms with Gasteiger partial charge in [0.1, 0.15) is 41.3 Å². The fraction of sp³-hybridized carbons (Fsp3) is 0.545. The number of ether oxygens (including phenoxy) is 2. The van der Waals surface area contributed by atoms with Crippen LogP contribution in [0.1, 0.15) is 55.2 Å². The summed E-state index contributed by atoms with van der Waals surface area (Å²) in [5.41, 5.74) is -0.888. The molecule has 2 aliphatic heterocycles. The number of aliphatic hydroxyl groups excluding tert-OH is 2. The Morgan fingerprint density at radius 3 is 2.70 bits per heavy atom. The first-order valence-corrected chi connectivity index (χ1v) is 9.97. The highest BCUT2D eigenvalue weighted by molar-refractivity contribution is 5.90. The Morgan fingerprint density at radius 1 is 1.37 bits per heavy atom. The number of hydrogen-bond donors (Lipinski definition) is 3. The average molecular weight is 420 g/mol. The van der Waals surface area contributed by atoms with Gasteiger partial charge in [0.25, 0.3) is 0 Å². The highest BCUT2D eigenvalue weighted by Gasteiger charge is 2.47. The first-order valence-electron chi connectivity index (χ1n) is 9.97. The van der Waals surface area contributed by atoms with Crippen molar-refractivity contribution in [2.75, 3.05) is 6.61 Å². The number of rotatable bonds is 3. The molecule has 0 aromatic carbocycles. The summed E-state index contributed by atoms with van der Waals surface area (Å²) < 4.78 is 16.1. The van der Waals surface area contributed by atoms with Crippen LogP contribution in [-0.2, 0) is 20.7 Å². The van der Waals surface area contributed by atoms with Crippen molar-refractivity contribution in [3.63, 3.8) is 0 Å². The molecular formula is C22H28O8. The lowest BCUT2D eigenvalue weighted by Crippen LogP contribution is -2.40. The first kappa shape index (κ1) is 22.3. The van der Waals surface area contributed by atoms with Gasteiger partial charge < -0.3 is 29.2 Å². The molecule has 0 saturated carbocycles. The molecule has 30 heavy (non-hydrogen) atoms. The van der Waals surface area contributed by atoms with Crippen molar-refractivity contribution in [2.45, 2.75) is 57.5 Å². The molecule has 8 heteroatoms. The second-order valence-corrected chi connectivity index (χ2v) is 8.20. The van der Waals surface area contributed by atoms with E-state index in [-0.39, 0.29) is 42.5 Å². The highest BCUT2D eigenvalue weighted by atomic mass is 16.6. The van der Waals surface area contributed by atoms with Gasteiger partial charge >= 0.3 is 11.9 Å². The van der Waals surface area contributed by atoms with Crippen molar-refractivity contribution in [1.82, 2.24) is 0 Å². The van der Waals surface area contributed by atoms with Gasteiger partial charge in [0.15, 0.2) is 0 Å². The fourth-order valence-corrected chi connectivity index (χ4v) is 3.83. The van der Waals surface area contributed by atoms with E-state index in [1.54, 1.807) is 26.0 Å². The SMILES string of the molecule is C=C(C)[C@@H]1/C=C/[C@H]2C(=O)O[C@@H](C[C@@](C)(O)[C@@H](O)c3cc(C(=O)OCC)c(o3)C1)[C@@H]2O. The summed E-state index contributed by atoms with van der Waals surface area (Å²) in [5, 5.41) is 32.2. The van der Waals surface area contributed by atoms with Gasteiger partial charge in [-0.3, -0.25) is 4.79 Å². The van der Waals surface area contributed by atoms with E-state index in [4.69, 9.17) is 13.9 Å². The lowest BCUT2D eigenvalue weighted by molar-refractivity contribution is -0.149.